The van der Waals surface area contributed by atoms with Crippen LogP contribution in [0.25, 0.3) is 0 Å². The Morgan fingerprint density at radius 3 is 2.55 bits per heavy atom. The molecule has 0 aliphatic heterocycles. The number of amides is 1. The highest BCUT2D eigenvalue weighted by molar-refractivity contribution is 9.10. The van der Waals surface area contributed by atoms with E-state index in [1.54, 1.807) is 25.3 Å². The molecule has 5 heteroatoms. The molecule has 3 N–H and O–H groups in total. The van der Waals surface area contributed by atoms with Gasteiger partial charge in [0.25, 0.3) is 5.91 Å². The summed E-state index contributed by atoms with van der Waals surface area (Å²) in [4.78, 5) is 12.1. The van der Waals surface area contributed by atoms with Crippen molar-refractivity contribution in [3.63, 3.8) is 0 Å². The first kappa shape index (κ1) is 14.4. The van der Waals surface area contributed by atoms with Crippen molar-refractivity contribution in [2.45, 2.75) is 6.54 Å². The minimum atomic E-state index is -0.201. The summed E-state index contributed by atoms with van der Waals surface area (Å²) in [5.74, 6) is 0.431. The normalized spacial score (nSPS) is 10.1. The smallest absolute Gasteiger partial charge is 0.253 e. The number of halogens is 1. The number of hydrogen-bond acceptors (Lipinski definition) is 3. The molecule has 0 saturated carbocycles. The third-order valence-electron chi connectivity index (χ3n) is 2.87. The molecule has 2 aromatic carbocycles. The van der Waals surface area contributed by atoms with Gasteiger partial charge in [-0.15, -0.1) is 0 Å². The molecular weight excluding hydrogens is 320 g/mol. The first-order chi connectivity index (χ1) is 9.60. The van der Waals surface area contributed by atoms with Gasteiger partial charge in [0.15, 0.2) is 0 Å². The van der Waals surface area contributed by atoms with Gasteiger partial charge in [-0.25, -0.2) is 0 Å². The molecule has 2 aromatic rings. The van der Waals surface area contributed by atoms with Crippen molar-refractivity contribution in [3.05, 3.63) is 58.1 Å². The molecule has 0 aliphatic rings. The van der Waals surface area contributed by atoms with Crippen LogP contribution in [0.1, 0.15) is 15.9 Å². The lowest BCUT2D eigenvalue weighted by Gasteiger charge is -2.09. The molecule has 0 spiro atoms. The number of carbonyl (C=O) groups excluding carboxylic acids is 1. The van der Waals surface area contributed by atoms with Crippen LogP contribution in [0, 0.1) is 0 Å². The lowest BCUT2D eigenvalue weighted by atomic mass is 10.1. The highest BCUT2D eigenvalue weighted by Crippen LogP contribution is 2.19. The number of hydrogen-bond donors (Lipinski definition) is 2. The number of methoxy groups -OCH3 is 1. The van der Waals surface area contributed by atoms with Crippen molar-refractivity contribution >= 4 is 27.5 Å². The van der Waals surface area contributed by atoms with Crippen molar-refractivity contribution in [2.24, 2.45) is 0 Å². The minimum Gasteiger partial charge on any atom is -0.497 e. The van der Waals surface area contributed by atoms with Crippen LogP contribution >= 0.6 is 15.9 Å². The first-order valence-electron chi connectivity index (χ1n) is 6.06. The summed E-state index contributed by atoms with van der Waals surface area (Å²) in [6.07, 6.45) is 0. The lowest BCUT2D eigenvalue weighted by molar-refractivity contribution is 0.0952. The number of nitrogen functional groups attached to an aromatic ring is 1. The molecule has 1 amide bonds. The molecule has 20 heavy (non-hydrogen) atoms. The summed E-state index contributed by atoms with van der Waals surface area (Å²) in [6, 6.07) is 12.8. The van der Waals surface area contributed by atoms with Crippen LogP contribution in [0.4, 0.5) is 5.69 Å². The van der Waals surface area contributed by atoms with E-state index in [1.165, 1.54) is 0 Å². The highest BCUT2D eigenvalue weighted by Gasteiger charge is 2.10. The average molecular weight is 335 g/mol. The van der Waals surface area contributed by atoms with Gasteiger partial charge < -0.3 is 15.8 Å². The van der Waals surface area contributed by atoms with Crippen molar-refractivity contribution < 1.29 is 9.53 Å². The Bertz CT molecular complexity index is 612. The minimum absolute atomic E-state index is 0.201. The molecule has 0 aromatic heterocycles. The van der Waals surface area contributed by atoms with Crippen molar-refractivity contribution in [2.75, 3.05) is 12.8 Å². The van der Waals surface area contributed by atoms with E-state index in [4.69, 9.17) is 10.5 Å². The predicted molar refractivity (Wildman–Crippen MR) is 82.7 cm³/mol. The van der Waals surface area contributed by atoms with Gasteiger partial charge >= 0.3 is 0 Å². The Morgan fingerprint density at radius 2 is 1.95 bits per heavy atom. The Hall–Kier alpha value is -2.01. The number of nitrogens with two attached hydrogens (primary N) is 1. The van der Waals surface area contributed by atoms with Gasteiger partial charge in [0, 0.05) is 22.8 Å². The van der Waals surface area contributed by atoms with Gasteiger partial charge in [-0.1, -0.05) is 28.1 Å². The van der Waals surface area contributed by atoms with Gasteiger partial charge in [-0.3, -0.25) is 4.79 Å². The number of nitrogens with one attached hydrogen (secondary N) is 1. The molecule has 104 valence electrons. The quantitative estimate of drug-likeness (QED) is 0.845. The molecule has 0 saturated heterocycles. The summed E-state index contributed by atoms with van der Waals surface area (Å²) >= 11 is 3.37. The molecule has 0 heterocycles. The Kier molecular flexibility index (Phi) is 4.63. The maximum atomic E-state index is 12.1. The topological polar surface area (TPSA) is 64.3 Å². The Balaban J connectivity index is 2.03. The van der Waals surface area contributed by atoms with E-state index >= 15 is 0 Å². The molecule has 0 bridgehead atoms. The van der Waals surface area contributed by atoms with Crippen LogP contribution in [0.3, 0.4) is 0 Å². The summed E-state index contributed by atoms with van der Waals surface area (Å²) < 4.78 is 6.06. The molecule has 4 nitrogen and oxygen atoms in total. The van der Waals surface area contributed by atoms with E-state index in [-0.39, 0.29) is 5.91 Å². The van der Waals surface area contributed by atoms with Gasteiger partial charge in [0.05, 0.1) is 12.7 Å². The van der Waals surface area contributed by atoms with E-state index < -0.39 is 0 Å². The zero-order chi connectivity index (χ0) is 14.5. The summed E-state index contributed by atoms with van der Waals surface area (Å²) in [7, 11) is 1.56. The maximum absolute atomic E-state index is 12.1. The van der Waals surface area contributed by atoms with Crippen molar-refractivity contribution in [1.29, 1.82) is 0 Å². The highest BCUT2D eigenvalue weighted by atomic mass is 79.9. The molecule has 0 radical (unpaired) electrons. The summed E-state index contributed by atoms with van der Waals surface area (Å²) in [5.41, 5.74) is 7.71. The third kappa shape index (κ3) is 3.51. The largest absolute Gasteiger partial charge is 0.497 e. The second-order valence-electron chi connectivity index (χ2n) is 4.26. The molecule has 0 atom stereocenters. The standard InChI is InChI=1S/C15H15BrN2O2/c1-20-12-6-7-13(14(17)8-12)15(19)18-9-10-2-4-11(16)5-3-10/h2-8H,9,17H2,1H3,(H,18,19). The molecule has 0 aliphatic carbocycles. The maximum Gasteiger partial charge on any atom is 0.253 e. The monoisotopic (exact) mass is 334 g/mol. The van der Waals surface area contributed by atoms with Gasteiger partial charge in [-0.2, -0.15) is 0 Å². The third-order valence-corrected chi connectivity index (χ3v) is 3.40. The van der Waals surface area contributed by atoms with Crippen LogP contribution < -0.4 is 15.8 Å². The van der Waals surface area contributed by atoms with Gasteiger partial charge in [0.1, 0.15) is 5.75 Å². The zero-order valence-electron chi connectivity index (χ0n) is 11.0. The van der Waals surface area contributed by atoms with E-state index in [0.29, 0.717) is 23.5 Å². The van der Waals surface area contributed by atoms with Crippen LogP contribution in [0.2, 0.25) is 0 Å². The SMILES string of the molecule is COc1ccc(C(=O)NCc2ccc(Br)cc2)c(N)c1. The van der Waals surface area contributed by atoms with Crippen LogP contribution in [0.15, 0.2) is 46.9 Å². The summed E-state index contributed by atoms with van der Waals surface area (Å²) in [5, 5.41) is 2.84. The fourth-order valence-corrected chi connectivity index (χ4v) is 2.02. The Labute approximate surface area is 126 Å². The van der Waals surface area contributed by atoms with Crippen LogP contribution in [-0.4, -0.2) is 13.0 Å². The van der Waals surface area contributed by atoms with E-state index in [2.05, 4.69) is 21.2 Å². The van der Waals surface area contributed by atoms with E-state index in [9.17, 15) is 4.79 Å². The fourth-order valence-electron chi connectivity index (χ4n) is 1.75. The second-order valence-corrected chi connectivity index (χ2v) is 5.18. The predicted octanol–water partition coefficient (Wildman–Crippen LogP) is 2.97. The van der Waals surface area contributed by atoms with Crippen LogP contribution in [-0.2, 0) is 6.54 Å². The van der Waals surface area contributed by atoms with Crippen molar-refractivity contribution in [3.8, 4) is 5.75 Å². The number of rotatable bonds is 4. The number of benzene rings is 2. The van der Waals surface area contributed by atoms with Crippen LogP contribution in [0.5, 0.6) is 5.75 Å². The van der Waals surface area contributed by atoms with E-state index in [1.807, 2.05) is 24.3 Å². The average Bonchev–Trinajstić information content (AvgIpc) is 2.46. The Morgan fingerprint density at radius 1 is 1.25 bits per heavy atom. The first-order valence-corrected chi connectivity index (χ1v) is 6.85. The number of anilines is 1. The van der Waals surface area contributed by atoms with Crippen molar-refractivity contribution in [1.82, 2.24) is 5.32 Å². The molecular formula is C15H15BrN2O2. The summed E-state index contributed by atoms with van der Waals surface area (Å²) in [6.45, 7) is 0.456. The zero-order valence-corrected chi connectivity index (χ0v) is 12.6. The lowest BCUT2D eigenvalue weighted by Crippen LogP contribution is -2.23. The van der Waals surface area contributed by atoms with Gasteiger partial charge in [0.2, 0.25) is 0 Å². The second kappa shape index (κ2) is 6.43. The number of carbonyl (C=O) groups is 1. The molecule has 2 rings (SSSR count). The van der Waals surface area contributed by atoms with Gasteiger partial charge in [-0.05, 0) is 29.8 Å². The fraction of sp³-hybridized carbons (Fsp3) is 0.133. The molecule has 0 unspecified atom stereocenters. The van der Waals surface area contributed by atoms with E-state index in [0.717, 1.165) is 10.0 Å². The number of ether oxygens (including phenoxy) is 1. The molecule has 0 fully saturated rings.